The maximum absolute atomic E-state index is 13.0. The van der Waals surface area contributed by atoms with Gasteiger partial charge in [0.1, 0.15) is 5.75 Å². The van der Waals surface area contributed by atoms with E-state index in [1.165, 1.54) is 23.1 Å². The summed E-state index contributed by atoms with van der Waals surface area (Å²) in [4.78, 5) is 37.1. The quantitative estimate of drug-likeness (QED) is 0.360. The summed E-state index contributed by atoms with van der Waals surface area (Å²) in [7, 11) is 1.68. The number of nitro benzene ring substituents is 1. The predicted octanol–water partition coefficient (Wildman–Crippen LogP) is 4.94. The van der Waals surface area contributed by atoms with Crippen LogP contribution < -0.4 is 15.0 Å². The molecule has 0 saturated heterocycles. The number of nitro groups is 1. The molecule has 1 aliphatic rings. The van der Waals surface area contributed by atoms with Crippen molar-refractivity contribution in [3.8, 4) is 11.5 Å². The summed E-state index contributed by atoms with van der Waals surface area (Å²) >= 11 is 0. The number of nitrogens with zero attached hydrogens (tertiary/aromatic N) is 2. The van der Waals surface area contributed by atoms with Gasteiger partial charge in [-0.05, 0) is 66.6 Å². The first-order valence-corrected chi connectivity index (χ1v) is 9.76. The molecule has 3 aromatic carbocycles. The highest BCUT2D eigenvalue weighted by molar-refractivity contribution is 6.10. The molecule has 8 heteroatoms. The van der Waals surface area contributed by atoms with Crippen molar-refractivity contribution in [2.45, 2.75) is 6.92 Å². The number of anilines is 2. The van der Waals surface area contributed by atoms with Crippen LogP contribution in [0.25, 0.3) is 6.08 Å². The molecule has 0 unspecified atom stereocenters. The lowest BCUT2D eigenvalue weighted by Crippen LogP contribution is -2.25. The molecular weight excluding hydrogens is 410 g/mol. The molecule has 1 N–H and O–H groups in total. The van der Waals surface area contributed by atoms with Crippen molar-refractivity contribution in [2.24, 2.45) is 0 Å². The maximum atomic E-state index is 13.0. The molecule has 160 valence electrons. The molecule has 4 rings (SSSR count). The molecule has 0 saturated carbocycles. The molecule has 3 aromatic rings. The van der Waals surface area contributed by atoms with E-state index in [0.717, 1.165) is 5.56 Å². The first-order valence-electron chi connectivity index (χ1n) is 9.76. The largest absolute Gasteiger partial charge is 0.454 e. The number of hydrogen-bond acceptors (Lipinski definition) is 5. The second-order valence-electron chi connectivity index (χ2n) is 7.32. The van der Waals surface area contributed by atoms with E-state index in [1.807, 2.05) is 25.1 Å². The Morgan fingerprint density at radius 1 is 1.06 bits per heavy atom. The molecule has 1 heterocycles. The first-order chi connectivity index (χ1) is 15.3. The number of carbonyl (C=O) groups excluding carboxylic acids is 2. The van der Waals surface area contributed by atoms with Crippen LogP contribution in [0.5, 0.6) is 11.5 Å². The Hall–Kier alpha value is -4.46. The summed E-state index contributed by atoms with van der Waals surface area (Å²) in [5.74, 6) is 0.330. The van der Waals surface area contributed by atoms with Crippen molar-refractivity contribution < 1.29 is 19.2 Å². The van der Waals surface area contributed by atoms with Crippen molar-refractivity contribution in [2.75, 3.05) is 17.3 Å². The number of carbonyl (C=O) groups is 2. The Balaban J connectivity index is 1.52. The molecule has 0 radical (unpaired) electrons. The summed E-state index contributed by atoms with van der Waals surface area (Å²) in [5, 5.41) is 13.4. The molecule has 0 atom stereocenters. The topological polar surface area (TPSA) is 102 Å². The number of ether oxygens (including phenoxy) is 1. The lowest BCUT2D eigenvalue weighted by Gasteiger charge is -2.16. The van der Waals surface area contributed by atoms with Gasteiger partial charge in [0.15, 0.2) is 5.75 Å². The van der Waals surface area contributed by atoms with Crippen molar-refractivity contribution in [3.05, 3.63) is 93.5 Å². The highest BCUT2D eigenvalue weighted by Gasteiger charge is 2.26. The van der Waals surface area contributed by atoms with Gasteiger partial charge in [-0.2, -0.15) is 0 Å². The molecule has 2 amide bonds. The van der Waals surface area contributed by atoms with Crippen LogP contribution in [-0.2, 0) is 4.79 Å². The zero-order chi connectivity index (χ0) is 22.8. The predicted molar refractivity (Wildman–Crippen MR) is 121 cm³/mol. The van der Waals surface area contributed by atoms with Crippen LogP contribution in [-0.4, -0.2) is 23.8 Å². The van der Waals surface area contributed by atoms with Crippen LogP contribution in [0.2, 0.25) is 0 Å². The van der Waals surface area contributed by atoms with Gasteiger partial charge in [-0.3, -0.25) is 19.7 Å². The maximum Gasteiger partial charge on any atom is 0.269 e. The minimum absolute atomic E-state index is 0.0225. The monoisotopic (exact) mass is 429 g/mol. The second-order valence-corrected chi connectivity index (χ2v) is 7.32. The number of aryl methyl sites for hydroxylation is 1. The van der Waals surface area contributed by atoms with Crippen LogP contribution >= 0.6 is 0 Å². The van der Waals surface area contributed by atoms with Crippen molar-refractivity contribution in [3.63, 3.8) is 0 Å². The fourth-order valence-electron chi connectivity index (χ4n) is 3.31. The van der Waals surface area contributed by atoms with Gasteiger partial charge in [0.25, 0.3) is 11.6 Å². The van der Waals surface area contributed by atoms with Crippen LogP contribution in [0.3, 0.4) is 0 Å². The van der Waals surface area contributed by atoms with Gasteiger partial charge in [-0.1, -0.05) is 6.07 Å². The van der Waals surface area contributed by atoms with E-state index in [-0.39, 0.29) is 11.6 Å². The molecule has 0 fully saturated rings. The third-order valence-corrected chi connectivity index (χ3v) is 5.01. The molecule has 0 aromatic heterocycles. The number of nitrogens with one attached hydrogen (secondary N) is 1. The van der Waals surface area contributed by atoms with E-state index in [9.17, 15) is 19.7 Å². The zero-order valence-electron chi connectivity index (χ0n) is 17.4. The van der Waals surface area contributed by atoms with Gasteiger partial charge in [0, 0.05) is 30.9 Å². The smallest absolute Gasteiger partial charge is 0.269 e. The first kappa shape index (κ1) is 20.8. The van der Waals surface area contributed by atoms with Crippen LogP contribution in [0.1, 0.15) is 21.5 Å². The van der Waals surface area contributed by atoms with Gasteiger partial charge in [-0.15, -0.1) is 0 Å². The number of hydrogen-bond donors (Lipinski definition) is 1. The van der Waals surface area contributed by atoms with E-state index >= 15 is 0 Å². The fraction of sp³-hybridized carbons (Fsp3) is 0.0833. The Morgan fingerprint density at radius 2 is 1.78 bits per heavy atom. The highest BCUT2D eigenvalue weighted by atomic mass is 16.6. The Bertz CT molecular complexity index is 1270. The minimum Gasteiger partial charge on any atom is -0.454 e. The second kappa shape index (κ2) is 8.35. The summed E-state index contributed by atoms with van der Waals surface area (Å²) in [5.41, 5.74) is 3.07. The molecule has 1 aliphatic heterocycles. The van der Waals surface area contributed by atoms with Gasteiger partial charge in [0.05, 0.1) is 16.2 Å². The number of fused-ring (bicyclic) bond motifs is 2. The average molecular weight is 429 g/mol. The molecular formula is C24H19N3O5. The van der Waals surface area contributed by atoms with Gasteiger partial charge in [0.2, 0.25) is 5.91 Å². The summed E-state index contributed by atoms with van der Waals surface area (Å²) in [6, 6.07) is 16.3. The standard InChI is InChI=1S/C24H19N3O5/c1-15-3-10-22-20(13-15)26(2)24(29)19-14-17(7-11-21(19)32-22)25-23(28)12-6-16-4-8-18(9-5-16)27(30)31/h3-14H,1-2H3,(H,25,28)/b12-6+. The van der Waals surface area contributed by atoms with Gasteiger partial charge < -0.3 is 15.0 Å². The SMILES string of the molecule is Cc1ccc2c(c1)N(C)C(=O)c1cc(NC(=O)/C=C/c3ccc([N+](=O)[O-])cc3)ccc1O2. The van der Waals surface area contributed by atoms with E-state index in [0.29, 0.717) is 34.0 Å². The fourth-order valence-corrected chi connectivity index (χ4v) is 3.31. The summed E-state index contributed by atoms with van der Waals surface area (Å²) < 4.78 is 5.95. The van der Waals surface area contributed by atoms with Crippen molar-refractivity contribution >= 4 is 35.0 Å². The molecule has 8 nitrogen and oxygen atoms in total. The molecule has 0 spiro atoms. The Kier molecular flexibility index (Phi) is 5.43. The number of rotatable bonds is 4. The normalized spacial score (nSPS) is 12.6. The van der Waals surface area contributed by atoms with Gasteiger partial charge >= 0.3 is 0 Å². The van der Waals surface area contributed by atoms with E-state index in [1.54, 1.807) is 43.5 Å². The summed E-state index contributed by atoms with van der Waals surface area (Å²) in [6.07, 6.45) is 2.86. The molecule has 32 heavy (non-hydrogen) atoms. The van der Waals surface area contributed by atoms with Crippen LogP contribution in [0.15, 0.2) is 66.7 Å². The molecule has 0 aliphatic carbocycles. The zero-order valence-corrected chi connectivity index (χ0v) is 17.4. The summed E-state index contributed by atoms with van der Waals surface area (Å²) in [6.45, 7) is 1.94. The van der Waals surface area contributed by atoms with Crippen LogP contribution in [0, 0.1) is 17.0 Å². The lowest BCUT2D eigenvalue weighted by molar-refractivity contribution is -0.384. The van der Waals surface area contributed by atoms with E-state index in [4.69, 9.17) is 4.74 Å². The highest BCUT2D eigenvalue weighted by Crippen LogP contribution is 2.39. The van der Waals surface area contributed by atoms with E-state index in [2.05, 4.69) is 5.32 Å². The molecule has 0 bridgehead atoms. The van der Waals surface area contributed by atoms with Gasteiger partial charge in [-0.25, -0.2) is 0 Å². The lowest BCUT2D eigenvalue weighted by atomic mass is 10.1. The van der Waals surface area contributed by atoms with Crippen molar-refractivity contribution in [1.29, 1.82) is 0 Å². The van der Waals surface area contributed by atoms with Crippen molar-refractivity contribution in [1.82, 2.24) is 0 Å². The third-order valence-electron chi connectivity index (χ3n) is 5.01. The minimum atomic E-state index is -0.485. The number of non-ortho nitro benzene ring substituents is 1. The third kappa shape index (κ3) is 4.20. The Morgan fingerprint density at radius 3 is 2.50 bits per heavy atom. The Labute approximate surface area is 183 Å². The number of amides is 2. The van der Waals surface area contributed by atoms with E-state index < -0.39 is 10.8 Å². The average Bonchev–Trinajstić information content (AvgIpc) is 2.88. The number of benzene rings is 3. The van der Waals surface area contributed by atoms with Crippen LogP contribution in [0.4, 0.5) is 17.1 Å².